The van der Waals surface area contributed by atoms with Crippen molar-refractivity contribution in [2.24, 2.45) is 0 Å². The first-order valence-electron chi connectivity index (χ1n) is 12.5. The van der Waals surface area contributed by atoms with Crippen molar-refractivity contribution >= 4 is 53.4 Å². The molecule has 0 spiro atoms. The number of fused-ring (bicyclic) bond motifs is 7. The molecule has 0 aliphatic rings. The van der Waals surface area contributed by atoms with Crippen molar-refractivity contribution in [3.8, 4) is 28.5 Å². The highest BCUT2D eigenvalue weighted by Crippen LogP contribution is 2.42. The Morgan fingerprint density at radius 1 is 0.579 bits per heavy atom. The first-order valence-corrected chi connectivity index (χ1v) is 13.4. The van der Waals surface area contributed by atoms with Gasteiger partial charge in [0.05, 0.1) is 32.6 Å². The van der Waals surface area contributed by atoms with E-state index in [1.165, 1.54) is 20.2 Å². The highest BCUT2D eigenvalue weighted by Gasteiger charge is 2.21. The average molecular weight is 505 g/mol. The van der Waals surface area contributed by atoms with Crippen LogP contribution in [-0.2, 0) is 0 Å². The van der Waals surface area contributed by atoms with E-state index in [9.17, 15) is 0 Å². The predicted octanol–water partition coefficient (Wildman–Crippen LogP) is 8.67. The molecule has 0 bridgehead atoms. The second kappa shape index (κ2) is 8.33. The molecular formula is C33H20N4S. The number of thiophene rings is 1. The fourth-order valence-electron chi connectivity index (χ4n) is 5.35. The van der Waals surface area contributed by atoms with Crippen LogP contribution in [0.4, 0.5) is 0 Å². The van der Waals surface area contributed by atoms with Crippen LogP contribution in [0.15, 0.2) is 121 Å². The van der Waals surface area contributed by atoms with Gasteiger partial charge in [-0.3, -0.25) is 9.55 Å². The molecule has 38 heavy (non-hydrogen) atoms. The van der Waals surface area contributed by atoms with Gasteiger partial charge in [0.2, 0.25) is 5.95 Å². The Kier molecular flexibility index (Phi) is 4.66. The third kappa shape index (κ3) is 3.19. The lowest BCUT2D eigenvalue weighted by atomic mass is 10.1. The Labute approximate surface area is 222 Å². The second-order valence-electron chi connectivity index (χ2n) is 9.31. The predicted molar refractivity (Wildman–Crippen MR) is 158 cm³/mol. The highest BCUT2D eigenvalue weighted by molar-refractivity contribution is 7.26. The molecular weight excluding hydrogens is 484 g/mol. The summed E-state index contributed by atoms with van der Waals surface area (Å²) in [7, 11) is 0. The molecule has 4 heterocycles. The van der Waals surface area contributed by atoms with Gasteiger partial charge < -0.3 is 0 Å². The quantitative estimate of drug-likeness (QED) is 0.242. The zero-order valence-corrected chi connectivity index (χ0v) is 21.1. The number of nitrogens with zero attached hydrogens (tertiary/aromatic N) is 4. The molecule has 0 aliphatic heterocycles. The molecule has 0 aliphatic carbocycles. The van der Waals surface area contributed by atoms with E-state index in [-0.39, 0.29) is 0 Å². The van der Waals surface area contributed by atoms with Crippen molar-refractivity contribution in [3.63, 3.8) is 0 Å². The summed E-state index contributed by atoms with van der Waals surface area (Å²) in [5.74, 6) is 0.642. The first-order chi connectivity index (χ1) is 18.8. The van der Waals surface area contributed by atoms with Crippen LogP contribution in [0, 0.1) is 0 Å². The largest absolute Gasteiger partial charge is 0.275 e. The number of hydrogen-bond acceptors (Lipinski definition) is 4. The van der Waals surface area contributed by atoms with Gasteiger partial charge in [0.15, 0.2) is 0 Å². The van der Waals surface area contributed by atoms with Gasteiger partial charge in [-0.1, -0.05) is 84.9 Å². The van der Waals surface area contributed by atoms with Crippen LogP contribution in [0.25, 0.3) is 70.6 Å². The Morgan fingerprint density at radius 2 is 1.24 bits per heavy atom. The van der Waals surface area contributed by atoms with E-state index in [0.717, 1.165) is 44.5 Å². The fraction of sp³-hybridized carbons (Fsp3) is 0. The molecule has 8 rings (SSSR count). The van der Waals surface area contributed by atoms with Gasteiger partial charge in [-0.15, -0.1) is 11.3 Å². The molecule has 0 radical (unpaired) electrons. The summed E-state index contributed by atoms with van der Waals surface area (Å²) in [5, 5.41) is 3.61. The molecule has 4 nitrogen and oxygen atoms in total. The van der Waals surface area contributed by atoms with Crippen LogP contribution in [0.3, 0.4) is 0 Å². The van der Waals surface area contributed by atoms with Gasteiger partial charge in [-0.25, -0.2) is 9.97 Å². The van der Waals surface area contributed by atoms with Crippen molar-refractivity contribution in [3.05, 3.63) is 121 Å². The molecule has 5 heteroatoms. The Bertz CT molecular complexity index is 2070. The first kappa shape index (κ1) is 21.2. The van der Waals surface area contributed by atoms with Crippen LogP contribution in [0.1, 0.15) is 0 Å². The summed E-state index contributed by atoms with van der Waals surface area (Å²) < 4.78 is 4.69. The van der Waals surface area contributed by atoms with E-state index in [1.54, 1.807) is 0 Å². The number of hydrogen-bond donors (Lipinski definition) is 0. The smallest absolute Gasteiger partial charge is 0.235 e. The van der Waals surface area contributed by atoms with Crippen LogP contribution in [0.2, 0.25) is 0 Å². The van der Waals surface area contributed by atoms with E-state index >= 15 is 0 Å². The lowest BCUT2D eigenvalue weighted by Gasteiger charge is -2.12. The van der Waals surface area contributed by atoms with E-state index in [0.29, 0.717) is 5.95 Å². The Morgan fingerprint density at radius 3 is 1.97 bits per heavy atom. The third-order valence-corrected chi connectivity index (χ3v) is 8.27. The summed E-state index contributed by atoms with van der Waals surface area (Å²) in [6.07, 6.45) is 1.86. The Balaban J connectivity index is 1.53. The van der Waals surface area contributed by atoms with Gasteiger partial charge in [0, 0.05) is 38.2 Å². The summed E-state index contributed by atoms with van der Waals surface area (Å²) >= 11 is 1.81. The molecule has 0 saturated heterocycles. The maximum Gasteiger partial charge on any atom is 0.235 e. The van der Waals surface area contributed by atoms with Gasteiger partial charge >= 0.3 is 0 Å². The van der Waals surface area contributed by atoms with Crippen LogP contribution < -0.4 is 0 Å². The van der Waals surface area contributed by atoms with Gasteiger partial charge in [0.1, 0.15) is 0 Å². The lowest BCUT2D eigenvalue weighted by molar-refractivity contribution is 0.997. The lowest BCUT2D eigenvalue weighted by Crippen LogP contribution is -2.04. The number of rotatable bonds is 3. The summed E-state index contributed by atoms with van der Waals surface area (Å²) in [6, 6.07) is 39.8. The molecule has 0 N–H and O–H groups in total. The zero-order chi connectivity index (χ0) is 25.1. The zero-order valence-electron chi connectivity index (χ0n) is 20.2. The topological polar surface area (TPSA) is 43.6 Å². The van der Waals surface area contributed by atoms with Crippen molar-refractivity contribution < 1.29 is 0 Å². The van der Waals surface area contributed by atoms with Gasteiger partial charge in [-0.05, 0) is 30.3 Å². The van der Waals surface area contributed by atoms with Crippen LogP contribution in [0.5, 0.6) is 0 Å². The molecule has 0 amide bonds. The standard InChI is InChI=1S/C33H20N4S/c1-3-10-21(11-4-1)26-20-27(22-12-5-2-6-13-22)36-33(35-26)37-28-15-9-19-34-30(28)25-18-17-24-23-14-7-8-16-29(23)38-32(24)31(25)37/h1-20H. The maximum atomic E-state index is 5.16. The number of benzene rings is 4. The monoisotopic (exact) mass is 504 g/mol. The fourth-order valence-corrected chi connectivity index (χ4v) is 6.59. The van der Waals surface area contributed by atoms with Gasteiger partial charge in [-0.2, -0.15) is 0 Å². The minimum Gasteiger partial charge on any atom is -0.275 e. The molecule has 4 aromatic carbocycles. The van der Waals surface area contributed by atoms with E-state index in [1.807, 2.05) is 60.0 Å². The molecule has 0 saturated carbocycles. The molecule has 0 unspecified atom stereocenters. The van der Waals surface area contributed by atoms with Crippen molar-refractivity contribution in [1.29, 1.82) is 0 Å². The normalized spacial score (nSPS) is 11.7. The minimum absolute atomic E-state index is 0.642. The van der Waals surface area contributed by atoms with Crippen molar-refractivity contribution in [1.82, 2.24) is 19.5 Å². The average Bonchev–Trinajstić information content (AvgIpc) is 3.54. The SMILES string of the molecule is c1ccc(-c2cc(-c3ccccc3)nc(-n3c4cccnc4c4ccc5c6ccccc6sc5c43)n2)cc1. The van der Waals surface area contributed by atoms with Gasteiger partial charge in [0.25, 0.3) is 0 Å². The summed E-state index contributed by atoms with van der Waals surface area (Å²) in [6.45, 7) is 0. The third-order valence-electron chi connectivity index (χ3n) is 7.08. The second-order valence-corrected chi connectivity index (χ2v) is 10.4. The molecule has 4 aromatic heterocycles. The molecule has 0 atom stereocenters. The highest BCUT2D eigenvalue weighted by atomic mass is 32.1. The van der Waals surface area contributed by atoms with E-state index < -0.39 is 0 Å². The number of pyridine rings is 1. The van der Waals surface area contributed by atoms with Crippen molar-refractivity contribution in [2.45, 2.75) is 0 Å². The Hall–Kier alpha value is -4.87. The molecule has 0 fully saturated rings. The minimum atomic E-state index is 0.642. The summed E-state index contributed by atoms with van der Waals surface area (Å²) in [5.41, 5.74) is 6.93. The number of aromatic nitrogens is 4. The molecule has 8 aromatic rings. The summed E-state index contributed by atoms with van der Waals surface area (Å²) in [4.78, 5) is 15.1. The van der Waals surface area contributed by atoms with Crippen LogP contribution >= 0.6 is 11.3 Å². The van der Waals surface area contributed by atoms with Crippen LogP contribution in [-0.4, -0.2) is 19.5 Å². The molecule has 178 valence electrons. The van der Waals surface area contributed by atoms with E-state index in [2.05, 4.69) is 77.4 Å². The van der Waals surface area contributed by atoms with E-state index in [4.69, 9.17) is 15.0 Å². The van der Waals surface area contributed by atoms with Crippen molar-refractivity contribution in [2.75, 3.05) is 0 Å². The maximum absolute atomic E-state index is 5.16.